The molecule has 0 aromatic rings. The Balaban J connectivity index is 2.23. The number of carbonyl (C=O) groups is 1. The van der Waals surface area contributed by atoms with E-state index in [9.17, 15) is 30.3 Å². The van der Waals surface area contributed by atoms with Crippen LogP contribution in [0.2, 0.25) is 0 Å². The summed E-state index contributed by atoms with van der Waals surface area (Å²) in [5, 5.41) is 54.1. The van der Waals surface area contributed by atoms with Gasteiger partial charge in [0, 0.05) is 6.42 Å². The standard InChI is InChI=1S/C50H93NO8/c1-3-5-7-9-11-13-15-16-17-18-19-20-21-22-23-24-25-26-27-28-30-32-34-36-38-40-46(54)51-43(42-58-50-49(57)48(56)47(55)45(41-52)59-50)44(53)39-37-35-33-31-29-14-12-10-8-6-4-2/h22-23,29,31,37,39,43-45,47-50,52-53,55-57H,3-21,24-28,30,32-36,38,40-42H2,1-2H3,(H,51,54)/b23-22-,31-29+,39-37+. The molecule has 0 spiro atoms. The molecule has 0 bridgehead atoms. The molecule has 1 amide bonds. The van der Waals surface area contributed by atoms with E-state index in [0.717, 1.165) is 38.5 Å². The predicted molar refractivity (Wildman–Crippen MR) is 244 cm³/mol. The van der Waals surface area contributed by atoms with Gasteiger partial charge in [0.15, 0.2) is 6.29 Å². The summed E-state index contributed by atoms with van der Waals surface area (Å²) < 4.78 is 11.2. The van der Waals surface area contributed by atoms with Gasteiger partial charge in [-0.3, -0.25) is 4.79 Å². The molecule has 6 N–H and O–H groups in total. The minimum absolute atomic E-state index is 0.190. The van der Waals surface area contributed by atoms with Crippen molar-refractivity contribution < 1.29 is 39.8 Å². The van der Waals surface area contributed by atoms with Crippen molar-refractivity contribution in [2.45, 2.75) is 262 Å². The van der Waals surface area contributed by atoms with Crippen molar-refractivity contribution in [1.82, 2.24) is 5.32 Å². The number of nitrogens with one attached hydrogen (secondary N) is 1. The topological polar surface area (TPSA) is 149 Å². The van der Waals surface area contributed by atoms with Gasteiger partial charge in [0.05, 0.1) is 25.4 Å². The fourth-order valence-corrected chi connectivity index (χ4v) is 7.70. The number of amides is 1. The number of unbranched alkanes of at least 4 members (excludes halogenated alkanes) is 27. The largest absolute Gasteiger partial charge is 0.394 e. The number of aliphatic hydroxyl groups is 5. The van der Waals surface area contributed by atoms with E-state index < -0.39 is 49.5 Å². The molecule has 0 aliphatic carbocycles. The van der Waals surface area contributed by atoms with Crippen molar-refractivity contribution in [3.05, 3.63) is 36.5 Å². The highest BCUT2D eigenvalue weighted by Gasteiger charge is 2.44. The van der Waals surface area contributed by atoms with Gasteiger partial charge in [-0.15, -0.1) is 0 Å². The molecule has 59 heavy (non-hydrogen) atoms. The van der Waals surface area contributed by atoms with Gasteiger partial charge in [-0.25, -0.2) is 0 Å². The van der Waals surface area contributed by atoms with Gasteiger partial charge in [-0.2, -0.15) is 0 Å². The molecule has 1 heterocycles. The van der Waals surface area contributed by atoms with Crippen molar-refractivity contribution in [3.8, 4) is 0 Å². The highest BCUT2D eigenvalue weighted by molar-refractivity contribution is 5.76. The molecule has 9 heteroatoms. The first-order valence-corrected chi connectivity index (χ1v) is 24.7. The van der Waals surface area contributed by atoms with Gasteiger partial charge >= 0.3 is 0 Å². The Morgan fingerprint density at radius 3 is 1.42 bits per heavy atom. The molecule has 346 valence electrons. The second-order valence-electron chi connectivity index (χ2n) is 17.2. The maximum absolute atomic E-state index is 13.0. The van der Waals surface area contributed by atoms with Crippen LogP contribution >= 0.6 is 0 Å². The first kappa shape index (κ1) is 55.4. The van der Waals surface area contributed by atoms with E-state index in [1.54, 1.807) is 6.08 Å². The molecule has 0 saturated carbocycles. The molecular formula is C50H93NO8. The zero-order chi connectivity index (χ0) is 43.0. The Kier molecular flexibility index (Phi) is 38.0. The Labute approximate surface area is 361 Å². The van der Waals surface area contributed by atoms with E-state index >= 15 is 0 Å². The Morgan fingerprint density at radius 1 is 0.559 bits per heavy atom. The highest BCUT2D eigenvalue weighted by Crippen LogP contribution is 2.23. The van der Waals surface area contributed by atoms with Crippen LogP contribution in [0.1, 0.15) is 219 Å². The second-order valence-corrected chi connectivity index (χ2v) is 17.2. The third kappa shape index (κ3) is 31.0. The molecule has 9 nitrogen and oxygen atoms in total. The summed E-state index contributed by atoms with van der Waals surface area (Å²) in [6.45, 7) is 3.73. The van der Waals surface area contributed by atoms with Crippen LogP contribution in [0, 0.1) is 0 Å². The van der Waals surface area contributed by atoms with Crippen LogP contribution in [0.15, 0.2) is 36.5 Å². The van der Waals surface area contributed by atoms with Gasteiger partial charge in [0.2, 0.25) is 5.91 Å². The maximum atomic E-state index is 13.0. The summed E-state index contributed by atoms with van der Waals surface area (Å²) >= 11 is 0. The smallest absolute Gasteiger partial charge is 0.220 e. The summed E-state index contributed by atoms with van der Waals surface area (Å²) in [4.78, 5) is 13.0. The number of carbonyl (C=O) groups excluding carboxylic acids is 1. The first-order valence-electron chi connectivity index (χ1n) is 24.7. The van der Waals surface area contributed by atoms with E-state index in [0.29, 0.717) is 6.42 Å². The molecule has 7 atom stereocenters. The number of rotatable bonds is 41. The van der Waals surface area contributed by atoms with Crippen molar-refractivity contribution in [2.24, 2.45) is 0 Å². The average Bonchev–Trinajstić information content (AvgIpc) is 3.23. The number of aliphatic hydroxyl groups excluding tert-OH is 5. The zero-order valence-corrected chi connectivity index (χ0v) is 38.0. The van der Waals surface area contributed by atoms with Crippen LogP contribution in [-0.4, -0.2) is 87.5 Å². The van der Waals surface area contributed by atoms with Crippen molar-refractivity contribution >= 4 is 5.91 Å². The minimum atomic E-state index is -1.57. The molecule has 7 unspecified atom stereocenters. The minimum Gasteiger partial charge on any atom is -0.394 e. The van der Waals surface area contributed by atoms with E-state index in [4.69, 9.17) is 9.47 Å². The lowest BCUT2D eigenvalue weighted by atomic mass is 9.99. The van der Waals surface area contributed by atoms with Crippen molar-refractivity contribution in [3.63, 3.8) is 0 Å². The van der Waals surface area contributed by atoms with Crippen LogP contribution in [0.4, 0.5) is 0 Å². The number of ether oxygens (including phenoxy) is 2. The summed E-state index contributed by atoms with van der Waals surface area (Å²) in [6, 6.07) is -0.820. The lowest BCUT2D eigenvalue weighted by Crippen LogP contribution is -2.60. The molecule has 0 aromatic carbocycles. The maximum Gasteiger partial charge on any atom is 0.220 e. The van der Waals surface area contributed by atoms with E-state index in [1.165, 1.54) is 161 Å². The Morgan fingerprint density at radius 2 is 0.966 bits per heavy atom. The van der Waals surface area contributed by atoms with Gasteiger partial charge in [0.1, 0.15) is 24.4 Å². The molecule has 1 fully saturated rings. The average molecular weight is 836 g/mol. The van der Waals surface area contributed by atoms with Crippen LogP contribution in [0.3, 0.4) is 0 Å². The molecule has 1 aliphatic heterocycles. The number of hydrogen-bond acceptors (Lipinski definition) is 8. The van der Waals surface area contributed by atoms with E-state index in [-0.39, 0.29) is 12.5 Å². The Bertz CT molecular complexity index is 1020. The van der Waals surface area contributed by atoms with Crippen LogP contribution in [0.5, 0.6) is 0 Å². The van der Waals surface area contributed by atoms with Gasteiger partial charge in [-0.05, 0) is 57.8 Å². The van der Waals surface area contributed by atoms with E-state index in [1.807, 2.05) is 6.08 Å². The van der Waals surface area contributed by atoms with Crippen LogP contribution in [-0.2, 0) is 14.3 Å². The lowest BCUT2D eigenvalue weighted by molar-refractivity contribution is -0.302. The zero-order valence-electron chi connectivity index (χ0n) is 38.0. The molecule has 0 aromatic heterocycles. The normalized spacial score (nSPS) is 21.0. The van der Waals surface area contributed by atoms with Crippen LogP contribution in [0.25, 0.3) is 0 Å². The molecular weight excluding hydrogens is 743 g/mol. The monoisotopic (exact) mass is 836 g/mol. The lowest BCUT2D eigenvalue weighted by Gasteiger charge is -2.40. The fourth-order valence-electron chi connectivity index (χ4n) is 7.70. The molecule has 1 saturated heterocycles. The second kappa shape index (κ2) is 40.5. The summed E-state index contributed by atoms with van der Waals surface area (Å²) in [7, 11) is 0. The van der Waals surface area contributed by atoms with Crippen molar-refractivity contribution in [2.75, 3.05) is 13.2 Å². The molecule has 0 radical (unpaired) electrons. The van der Waals surface area contributed by atoms with Gasteiger partial charge in [-0.1, -0.05) is 192 Å². The molecule has 1 rings (SSSR count). The number of hydrogen-bond donors (Lipinski definition) is 6. The third-order valence-corrected chi connectivity index (χ3v) is 11.7. The van der Waals surface area contributed by atoms with Gasteiger partial charge < -0.3 is 40.3 Å². The quantitative estimate of drug-likeness (QED) is 0.0263. The summed E-state index contributed by atoms with van der Waals surface area (Å²) in [5.74, 6) is -0.190. The number of allylic oxidation sites excluding steroid dienone is 5. The predicted octanol–water partition coefficient (Wildman–Crippen LogP) is 10.8. The van der Waals surface area contributed by atoms with Gasteiger partial charge in [0.25, 0.3) is 0 Å². The highest BCUT2D eigenvalue weighted by atomic mass is 16.7. The summed E-state index contributed by atoms with van der Waals surface area (Å²) in [6.07, 6.45) is 43.5. The van der Waals surface area contributed by atoms with Crippen molar-refractivity contribution in [1.29, 1.82) is 0 Å². The van der Waals surface area contributed by atoms with E-state index in [2.05, 4.69) is 43.5 Å². The Hall–Kier alpha value is -1.59. The molecule has 1 aliphatic rings. The third-order valence-electron chi connectivity index (χ3n) is 11.7. The van der Waals surface area contributed by atoms with Crippen LogP contribution < -0.4 is 5.32 Å². The fraction of sp³-hybridized carbons (Fsp3) is 0.860. The first-order chi connectivity index (χ1) is 28.8. The SMILES string of the molecule is CCCCCCC/C=C/CC/C=C/C(O)C(COC1OC(CO)C(O)C(O)C1O)NC(=O)CCCCCCCCCCC/C=C\CCCCCCCCCCCCCC. The summed E-state index contributed by atoms with van der Waals surface area (Å²) in [5.41, 5.74) is 0.